The second kappa shape index (κ2) is 9.09. The Hall–Kier alpha value is -3.62. The summed E-state index contributed by atoms with van der Waals surface area (Å²) in [6.45, 7) is 1.52. The Labute approximate surface area is 190 Å². The lowest BCUT2D eigenvalue weighted by molar-refractivity contribution is 0.159. The van der Waals surface area contributed by atoms with Gasteiger partial charge in [0.15, 0.2) is 0 Å². The molecule has 0 spiro atoms. The van der Waals surface area contributed by atoms with E-state index >= 15 is 0 Å². The third-order valence-corrected chi connectivity index (χ3v) is 5.73. The van der Waals surface area contributed by atoms with Gasteiger partial charge in [0.05, 0.1) is 31.7 Å². The first-order valence-electron chi connectivity index (χ1n) is 10.7. The van der Waals surface area contributed by atoms with Crippen LogP contribution in [0.15, 0.2) is 54.9 Å². The van der Waals surface area contributed by atoms with E-state index in [2.05, 4.69) is 16.0 Å². The molecule has 3 N–H and O–H groups in total. The highest BCUT2D eigenvalue weighted by Gasteiger charge is 2.29. The number of nitrogens with two attached hydrogens (primary N) is 1. The van der Waals surface area contributed by atoms with Crippen molar-refractivity contribution in [2.24, 2.45) is 5.73 Å². The molecule has 2 aromatic heterocycles. The molecule has 0 bridgehead atoms. The summed E-state index contributed by atoms with van der Waals surface area (Å²) in [6.07, 6.45) is 6.13. The van der Waals surface area contributed by atoms with Crippen LogP contribution in [0, 0.1) is 11.4 Å². The minimum absolute atomic E-state index is 0.0237. The number of amidine groups is 1. The van der Waals surface area contributed by atoms with Gasteiger partial charge in [0.2, 0.25) is 5.95 Å². The monoisotopic (exact) mass is 446 g/mol. The maximum absolute atomic E-state index is 14.4. The van der Waals surface area contributed by atoms with Crippen LogP contribution in [0.3, 0.4) is 0 Å². The van der Waals surface area contributed by atoms with Crippen molar-refractivity contribution in [3.63, 3.8) is 0 Å². The average molecular weight is 446 g/mol. The molecular formula is C25H23FN4O3. The summed E-state index contributed by atoms with van der Waals surface area (Å²) in [5.74, 6) is 0.500. The lowest BCUT2D eigenvalue weighted by Crippen LogP contribution is -2.22. The summed E-state index contributed by atoms with van der Waals surface area (Å²) < 4.78 is 31.9. The van der Waals surface area contributed by atoms with Crippen molar-refractivity contribution in [2.45, 2.75) is 12.3 Å². The van der Waals surface area contributed by atoms with Crippen LogP contribution in [0.1, 0.15) is 29.2 Å². The largest absolute Gasteiger partial charge is 0.455 e. The van der Waals surface area contributed by atoms with Gasteiger partial charge in [0.1, 0.15) is 23.9 Å². The number of aromatic nitrogens is 2. The zero-order valence-electron chi connectivity index (χ0n) is 17.9. The van der Waals surface area contributed by atoms with E-state index in [1.165, 1.54) is 6.20 Å². The molecule has 0 aliphatic carbocycles. The van der Waals surface area contributed by atoms with E-state index in [0.29, 0.717) is 35.8 Å². The van der Waals surface area contributed by atoms with E-state index in [9.17, 15) is 4.39 Å². The quantitative estimate of drug-likeness (QED) is 0.333. The van der Waals surface area contributed by atoms with Crippen LogP contribution < -0.4 is 10.5 Å². The van der Waals surface area contributed by atoms with Crippen molar-refractivity contribution in [3.8, 4) is 22.6 Å². The molecule has 2 aliphatic rings. The van der Waals surface area contributed by atoms with E-state index in [1.807, 2.05) is 24.3 Å². The van der Waals surface area contributed by atoms with Crippen molar-refractivity contribution < 1.29 is 18.6 Å². The molecule has 4 heterocycles. The van der Waals surface area contributed by atoms with Crippen LogP contribution in [0.25, 0.3) is 16.7 Å². The molecule has 0 fully saturated rings. The fourth-order valence-electron chi connectivity index (χ4n) is 4.16. The van der Waals surface area contributed by atoms with Crippen molar-refractivity contribution in [1.29, 1.82) is 5.41 Å². The number of nitrogens with zero attached hydrogens (tertiary/aromatic N) is 2. The van der Waals surface area contributed by atoms with Crippen LogP contribution in [0.5, 0.6) is 11.5 Å². The third kappa shape index (κ3) is 4.35. The van der Waals surface area contributed by atoms with Gasteiger partial charge < -0.3 is 19.9 Å². The Morgan fingerprint density at radius 2 is 2.06 bits per heavy atom. The SMILES string of the molecule is N=C(N)COC[C@@H]1c2cc(-c3cccnc3F)ccc2Oc2cnc(C3=CCCOC3)cc21. The number of fused-ring (bicyclic) bond motifs is 2. The summed E-state index contributed by atoms with van der Waals surface area (Å²) >= 11 is 0. The second-order valence-corrected chi connectivity index (χ2v) is 7.97. The molecule has 3 aromatic rings. The fourth-order valence-corrected chi connectivity index (χ4v) is 4.16. The first-order chi connectivity index (χ1) is 16.1. The number of halogens is 1. The van der Waals surface area contributed by atoms with Crippen LogP contribution in [0.2, 0.25) is 0 Å². The van der Waals surface area contributed by atoms with Crippen LogP contribution in [-0.2, 0) is 9.47 Å². The Bertz CT molecular complexity index is 1240. The van der Waals surface area contributed by atoms with Crippen molar-refractivity contribution in [2.75, 3.05) is 26.4 Å². The molecule has 0 saturated carbocycles. The van der Waals surface area contributed by atoms with E-state index < -0.39 is 5.95 Å². The lowest BCUT2D eigenvalue weighted by Gasteiger charge is -2.29. The molecule has 5 rings (SSSR count). The van der Waals surface area contributed by atoms with Crippen molar-refractivity contribution in [1.82, 2.24) is 9.97 Å². The number of hydrogen-bond acceptors (Lipinski definition) is 6. The molecule has 0 radical (unpaired) electrons. The van der Waals surface area contributed by atoms with Gasteiger partial charge in [-0.15, -0.1) is 0 Å². The zero-order valence-corrected chi connectivity index (χ0v) is 17.9. The first kappa shape index (κ1) is 21.2. The third-order valence-electron chi connectivity index (χ3n) is 5.73. The van der Waals surface area contributed by atoms with E-state index in [0.717, 1.165) is 28.8 Å². The van der Waals surface area contributed by atoms with Crippen molar-refractivity contribution >= 4 is 11.4 Å². The number of hydrogen-bond donors (Lipinski definition) is 2. The Morgan fingerprint density at radius 3 is 2.85 bits per heavy atom. The number of benzene rings is 1. The summed E-state index contributed by atoms with van der Waals surface area (Å²) in [5, 5.41) is 7.49. The van der Waals surface area contributed by atoms with Gasteiger partial charge in [-0.1, -0.05) is 12.1 Å². The van der Waals surface area contributed by atoms with Gasteiger partial charge in [-0.05, 0) is 47.9 Å². The molecule has 168 valence electrons. The molecule has 0 saturated heterocycles. The van der Waals surface area contributed by atoms with Crippen molar-refractivity contribution in [3.05, 3.63) is 77.6 Å². The molecule has 0 unspecified atom stereocenters. The molecule has 1 atom stereocenters. The highest BCUT2D eigenvalue weighted by Crippen LogP contribution is 2.46. The number of ether oxygens (including phenoxy) is 3. The fraction of sp³-hybridized carbons (Fsp3) is 0.240. The number of pyridine rings is 2. The van der Waals surface area contributed by atoms with Gasteiger partial charge >= 0.3 is 0 Å². The Kier molecular flexibility index (Phi) is 5.85. The lowest BCUT2D eigenvalue weighted by atomic mass is 9.86. The maximum Gasteiger partial charge on any atom is 0.220 e. The molecular weight excluding hydrogens is 423 g/mol. The van der Waals surface area contributed by atoms with Gasteiger partial charge in [0.25, 0.3) is 0 Å². The standard InChI is InChI=1S/C25H23FN4O3/c26-25-17(4-1-7-29-25)15-5-6-22-18(9-15)20(13-32-14-24(27)28)19-10-21(30-11-23(19)33-22)16-3-2-8-31-12-16/h1,3-7,9-11,20H,2,8,12-14H2,(H3,27,28)/t20-/m1/s1. The predicted molar refractivity (Wildman–Crippen MR) is 122 cm³/mol. The second-order valence-electron chi connectivity index (χ2n) is 7.97. The van der Waals surface area contributed by atoms with E-state index in [-0.39, 0.29) is 25.0 Å². The first-order valence-corrected chi connectivity index (χ1v) is 10.7. The molecule has 1 aromatic carbocycles. The van der Waals surface area contributed by atoms with Crippen LogP contribution in [-0.4, -0.2) is 42.2 Å². The minimum Gasteiger partial charge on any atom is -0.455 e. The Balaban J connectivity index is 1.57. The average Bonchev–Trinajstić information content (AvgIpc) is 2.84. The normalized spacial score (nSPS) is 16.9. The topological polar surface area (TPSA) is 103 Å². The number of nitrogens with one attached hydrogen (secondary N) is 1. The summed E-state index contributed by atoms with van der Waals surface area (Å²) in [7, 11) is 0. The predicted octanol–water partition coefficient (Wildman–Crippen LogP) is 4.28. The summed E-state index contributed by atoms with van der Waals surface area (Å²) in [6, 6.07) is 10.9. The van der Waals surface area contributed by atoms with Gasteiger partial charge in [0, 0.05) is 28.8 Å². The summed E-state index contributed by atoms with van der Waals surface area (Å²) in [4.78, 5) is 8.35. The van der Waals surface area contributed by atoms with Gasteiger partial charge in [-0.2, -0.15) is 4.39 Å². The van der Waals surface area contributed by atoms with E-state index in [4.69, 9.17) is 25.4 Å². The summed E-state index contributed by atoms with van der Waals surface area (Å²) in [5.41, 5.74) is 10.2. The van der Waals surface area contributed by atoms with Gasteiger partial charge in [-0.25, -0.2) is 4.98 Å². The number of rotatable bonds is 6. The molecule has 2 aliphatic heterocycles. The molecule has 0 amide bonds. The molecule has 7 nitrogen and oxygen atoms in total. The maximum atomic E-state index is 14.4. The van der Waals surface area contributed by atoms with E-state index in [1.54, 1.807) is 18.3 Å². The van der Waals surface area contributed by atoms with Gasteiger partial charge in [-0.3, -0.25) is 10.4 Å². The zero-order chi connectivity index (χ0) is 22.8. The molecule has 33 heavy (non-hydrogen) atoms. The minimum atomic E-state index is -0.533. The van der Waals surface area contributed by atoms with Crippen LogP contribution in [0.4, 0.5) is 4.39 Å². The highest BCUT2D eigenvalue weighted by atomic mass is 19.1. The Morgan fingerprint density at radius 1 is 1.18 bits per heavy atom. The van der Waals surface area contributed by atoms with Crippen LogP contribution >= 0.6 is 0 Å². The smallest absolute Gasteiger partial charge is 0.220 e. The highest BCUT2D eigenvalue weighted by molar-refractivity contribution is 5.78. The molecule has 8 heteroatoms.